The number of ether oxygens (including phenoxy) is 2. The minimum atomic E-state index is -0.636. The first-order valence-electron chi connectivity index (χ1n) is 9.37. The predicted octanol–water partition coefficient (Wildman–Crippen LogP) is 5.79. The fourth-order valence-corrected chi connectivity index (χ4v) is 4.05. The molecule has 3 rings (SSSR count). The molecule has 154 valence electrons. The first-order chi connectivity index (χ1) is 13.7. The number of carbonyl (C=O) groups is 2. The summed E-state index contributed by atoms with van der Waals surface area (Å²) in [6.07, 6.45) is 2.34. The Kier molecular flexibility index (Phi) is 6.07. The van der Waals surface area contributed by atoms with Crippen LogP contribution >= 0.6 is 11.3 Å². The van der Waals surface area contributed by atoms with E-state index >= 15 is 4.39 Å². The van der Waals surface area contributed by atoms with Crippen LogP contribution in [-0.4, -0.2) is 29.3 Å². The highest BCUT2D eigenvalue weighted by molar-refractivity contribution is 7.10. The zero-order chi connectivity index (χ0) is 21.2. The van der Waals surface area contributed by atoms with Gasteiger partial charge in [0.1, 0.15) is 11.4 Å². The van der Waals surface area contributed by atoms with Crippen LogP contribution in [-0.2, 0) is 20.7 Å². The Hall–Kier alpha value is -2.67. The van der Waals surface area contributed by atoms with Crippen LogP contribution in [0.2, 0.25) is 0 Å². The van der Waals surface area contributed by atoms with Gasteiger partial charge in [-0.2, -0.15) is 0 Å². The van der Waals surface area contributed by atoms with Crippen molar-refractivity contribution in [2.45, 2.75) is 45.6 Å². The van der Waals surface area contributed by atoms with Gasteiger partial charge in [-0.05, 0) is 39.7 Å². The zero-order valence-electron chi connectivity index (χ0n) is 17.0. The number of aryl methyl sites for hydroxylation is 1. The highest BCUT2D eigenvalue weighted by Gasteiger charge is 2.23. The van der Waals surface area contributed by atoms with Gasteiger partial charge in [0.05, 0.1) is 12.6 Å². The van der Waals surface area contributed by atoms with Crippen molar-refractivity contribution in [2.24, 2.45) is 0 Å². The summed E-state index contributed by atoms with van der Waals surface area (Å²) in [5, 5.41) is 2.53. The summed E-state index contributed by atoms with van der Waals surface area (Å²) >= 11 is 1.31. The van der Waals surface area contributed by atoms with Gasteiger partial charge in [-0.25, -0.2) is 9.18 Å². The number of hydrogen-bond acceptors (Lipinski definition) is 5. The van der Waals surface area contributed by atoms with Crippen LogP contribution in [0.25, 0.3) is 22.0 Å². The quantitative estimate of drug-likeness (QED) is 0.493. The summed E-state index contributed by atoms with van der Waals surface area (Å²) < 4.78 is 26.6. The van der Waals surface area contributed by atoms with Gasteiger partial charge >= 0.3 is 12.1 Å². The van der Waals surface area contributed by atoms with E-state index < -0.39 is 11.7 Å². The number of hydrogen-bond donors (Lipinski definition) is 0. The minimum absolute atomic E-state index is 0.251. The number of thiophene rings is 1. The fraction of sp³-hybridized carbons (Fsp3) is 0.364. The van der Waals surface area contributed by atoms with Gasteiger partial charge in [-0.15, -0.1) is 11.3 Å². The van der Waals surface area contributed by atoms with Gasteiger partial charge in [-0.3, -0.25) is 9.36 Å². The molecule has 0 spiro atoms. The van der Waals surface area contributed by atoms with E-state index in [1.165, 1.54) is 23.0 Å². The predicted molar refractivity (Wildman–Crippen MR) is 112 cm³/mol. The van der Waals surface area contributed by atoms with Gasteiger partial charge in [0.15, 0.2) is 0 Å². The number of aromatic nitrogens is 1. The Morgan fingerprint density at radius 3 is 2.59 bits per heavy atom. The molecule has 7 heteroatoms. The molecular formula is C22H24FNO4S. The number of halogens is 1. The van der Waals surface area contributed by atoms with Crippen LogP contribution in [0.3, 0.4) is 0 Å². The molecule has 29 heavy (non-hydrogen) atoms. The third kappa shape index (κ3) is 4.67. The number of nitrogens with zero attached hydrogens (tertiary/aromatic N) is 1. The zero-order valence-corrected chi connectivity index (χ0v) is 17.8. The van der Waals surface area contributed by atoms with Crippen molar-refractivity contribution in [3.05, 3.63) is 46.5 Å². The van der Waals surface area contributed by atoms with Gasteiger partial charge in [0.25, 0.3) is 0 Å². The van der Waals surface area contributed by atoms with E-state index in [1.54, 1.807) is 32.3 Å². The van der Waals surface area contributed by atoms with Gasteiger partial charge in [0.2, 0.25) is 0 Å². The fourth-order valence-electron chi connectivity index (χ4n) is 3.09. The molecule has 0 aliphatic heterocycles. The van der Waals surface area contributed by atoms with Crippen LogP contribution in [0.4, 0.5) is 9.18 Å². The first-order valence-corrected chi connectivity index (χ1v) is 10.3. The van der Waals surface area contributed by atoms with Gasteiger partial charge < -0.3 is 9.47 Å². The molecule has 0 bridgehead atoms. The minimum Gasteiger partial charge on any atom is -0.469 e. The number of carbonyl (C=O) groups excluding carboxylic acids is 2. The lowest BCUT2D eigenvalue weighted by Gasteiger charge is -2.19. The van der Waals surface area contributed by atoms with Crippen LogP contribution in [0.5, 0.6) is 0 Å². The van der Waals surface area contributed by atoms with Gasteiger partial charge in [-0.1, -0.05) is 18.2 Å². The Morgan fingerprint density at radius 1 is 1.17 bits per heavy atom. The molecular weight excluding hydrogens is 393 g/mol. The summed E-state index contributed by atoms with van der Waals surface area (Å²) in [7, 11) is 1.34. The molecule has 0 aliphatic carbocycles. The SMILES string of the molecule is COC(=O)CCCc1scc(-c2cn(C(=O)OC(C)(C)C)c3ccccc23)c1F. The second-order valence-electron chi connectivity index (χ2n) is 7.73. The van der Waals surface area contributed by atoms with Crippen molar-refractivity contribution in [3.8, 4) is 11.1 Å². The normalized spacial score (nSPS) is 11.6. The molecule has 0 radical (unpaired) electrons. The standard InChI is InChI=1S/C22H24FNO4S/c1-22(2,3)28-21(26)24-12-15(14-8-5-6-9-17(14)24)16-13-29-18(20(16)23)10-7-11-19(25)27-4/h5-6,8-9,12-13H,7,10-11H2,1-4H3. The molecule has 0 atom stereocenters. The summed E-state index contributed by atoms with van der Waals surface area (Å²) in [5.74, 6) is -0.616. The molecule has 0 fully saturated rings. The first kappa shape index (κ1) is 21.0. The summed E-state index contributed by atoms with van der Waals surface area (Å²) in [4.78, 5) is 24.5. The van der Waals surface area contributed by atoms with Crippen molar-refractivity contribution >= 4 is 34.3 Å². The average Bonchev–Trinajstić information content (AvgIpc) is 3.21. The van der Waals surface area contributed by atoms with E-state index in [0.29, 0.717) is 34.4 Å². The second kappa shape index (κ2) is 8.37. The molecule has 0 unspecified atom stereocenters. The molecule has 0 saturated heterocycles. The smallest absolute Gasteiger partial charge is 0.419 e. The number of methoxy groups -OCH3 is 1. The maximum absolute atomic E-state index is 15.1. The molecule has 5 nitrogen and oxygen atoms in total. The van der Waals surface area contributed by atoms with Crippen LogP contribution < -0.4 is 0 Å². The maximum atomic E-state index is 15.1. The third-order valence-electron chi connectivity index (χ3n) is 4.41. The monoisotopic (exact) mass is 417 g/mol. The maximum Gasteiger partial charge on any atom is 0.419 e. The number of para-hydroxylation sites is 1. The lowest BCUT2D eigenvalue weighted by atomic mass is 10.1. The lowest BCUT2D eigenvalue weighted by molar-refractivity contribution is -0.140. The Bertz CT molecular complexity index is 1040. The Balaban J connectivity index is 1.95. The number of esters is 1. The van der Waals surface area contributed by atoms with Crippen LogP contribution in [0.1, 0.15) is 38.5 Å². The van der Waals surface area contributed by atoms with Gasteiger partial charge in [0, 0.05) is 39.4 Å². The van der Waals surface area contributed by atoms with Crippen molar-refractivity contribution in [3.63, 3.8) is 0 Å². The highest BCUT2D eigenvalue weighted by atomic mass is 32.1. The van der Waals surface area contributed by atoms with Crippen LogP contribution in [0, 0.1) is 5.82 Å². The van der Waals surface area contributed by atoms with E-state index in [2.05, 4.69) is 4.74 Å². The molecule has 2 aromatic heterocycles. The van der Waals surface area contributed by atoms with Crippen molar-refractivity contribution in [1.82, 2.24) is 4.57 Å². The van der Waals surface area contributed by atoms with Crippen molar-refractivity contribution in [1.29, 1.82) is 0 Å². The van der Waals surface area contributed by atoms with Crippen molar-refractivity contribution in [2.75, 3.05) is 7.11 Å². The van der Waals surface area contributed by atoms with Crippen molar-refractivity contribution < 1.29 is 23.5 Å². The van der Waals surface area contributed by atoms with E-state index in [1.807, 2.05) is 24.3 Å². The van der Waals surface area contributed by atoms with E-state index in [9.17, 15) is 9.59 Å². The average molecular weight is 418 g/mol. The second-order valence-corrected chi connectivity index (χ2v) is 8.69. The number of fused-ring (bicyclic) bond motifs is 1. The molecule has 0 aliphatic rings. The van der Waals surface area contributed by atoms with E-state index in [0.717, 1.165) is 5.39 Å². The molecule has 0 N–H and O–H groups in total. The molecule has 0 saturated carbocycles. The number of benzene rings is 1. The Labute approximate surface area is 173 Å². The lowest BCUT2D eigenvalue weighted by Crippen LogP contribution is -2.26. The third-order valence-corrected chi connectivity index (χ3v) is 5.43. The highest BCUT2D eigenvalue weighted by Crippen LogP contribution is 2.37. The molecule has 3 aromatic rings. The largest absolute Gasteiger partial charge is 0.469 e. The molecule has 1 aromatic carbocycles. The van der Waals surface area contributed by atoms with E-state index in [-0.39, 0.29) is 18.2 Å². The topological polar surface area (TPSA) is 57.5 Å². The molecule has 2 heterocycles. The van der Waals surface area contributed by atoms with E-state index in [4.69, 9.17) is 4.74 Å². The van der Waals surface area contributed by atoms with Crippen LogP contribution in [0.15, 0.2) is 35.8 Å². The molecule has 0 amide bonds. The summed E-state index contributed by atoms with van der Waals surface area (Å²) in [6, 6.07) is 7.35. The summed E-state index contributed by atoms with van der Waals surface area (Å²) in [5.41, 5.74) is 1.11. The summed E-state index contributed by atoms with van der Waals surface area (Å²) in [6.45, 7) is 5.41. The number of rotatable bonds is 5. The Morgan fingerprint density at radius 2 is 1.90 bits per heavy atom.